The van der Waals surface area contributed by atoms with Crippen molar-refractivity contribution >= 4 is 12.6 Å². The molecule has 1 aliphatic rings. The molecule has 23 heavy (non-hydrogen) atoms. The van der Waals surface area contributed by atoms with E-state index in [9.17, 15) is 13.2 Å². The SMILES string of the molecule is CC(C)(Oc1ccc(B2OC(C)(C)C(C)(C)O2)cn1)C(F)(F)F. The molecule has 0 aliphatic carbocycles. The van der Waals surface area contributed by atoms with Gasteiger partial charge in [0.25, 0.3) is 0 Å². The number of hydrogen-bond acceptors (Lipinski definition) is 4. The average molecular weight is 331 g/mol. The van der Waals surface area contributed by atoms with Gasteiger partial charge < -0.3 is 14.0 Å². The van der Waals surface area contributed by atoms with Crippen molar-refractivity contribution in [3.05, 3.63) is 18.3 Å². The Morgan fingerprint density at radius 3 is 1.96 bits per heavy atom. The molecule has 0 atom stereocenters. The van der Waals surface area contributed by atoms with Gasteiger partial charge in [0.1, 0.15) is 0 Å². The van der Waals surface area contributed by atoms with E-state index in [1.54, 1.807) is 6.07 Å². The molecule has 8 heteroatoms. The van der Waals surface area contributed by atoms with E-state index in [2.05, 4.69) is 4.98 Å². The van der Waals surface area contributed by atoms with Crippen LogP contribution in [0.1, 0.15) is 41.5 Å². The third kappa shape index (κ3) is 3.48. The van der Waals surface area contributed by atoms with Crippen LogP contribution in [0.3, 0.4) is 0 Å². The summed E-state index contributed by atoms with van der Waals surface area (Å²) in [4.78, 5) is 3.94. The fraction of sp³-hybridized carbons (Fsp3) is 0.667. The summed E-state index contributed by atoms with van der Waals surface area (Å²) in [6, 6.07) is 2.98. The first-order chi connectivity index (χ1) is 10.3. The molecule has 1 aromatic heterocycles. The number of ether oxygens (including phenoxy) is 1. The number of pyridine rings is 1. The summed E-state index contributed by atoms with van der Waals surface area (Å²) in [6.45, 7) is 9.59. The van der Waals surface area contributed by atoms with E-state index in [4.69, 9.17) is 14.0 Å². The molecule has 1 aliphatic heterocycles. The summed E-state index contributed by atoms with van der Waals surface area (Å²) in [5.74, 6) is -0.104. The van der Waals surface area contributed by atoms with Gasteiger partial charge in [0.2, 0.25) is 5.88 Å². The van der Waals surface area contributed by atoms with Crippen molar-refractivity contribution in [2.45, 2.75) is 64.5 Å². The third-order valence-electron chi connectivity index (χ3n) is 4.33. The van der Waals surface area contributed by atoms with Crippen molar-refractivity contribution in [3.8, 4) is 5.88 Å². The van der Waals surface area contributed by atoms with Gasteiger partial charge in [-0.05, 0) is 47.6 Å². The highest BCUT2D eigenvalue weighted by Gasteiger charge is 2.52. The van der Waals surface area contributed by atoms with E-state index in [-0.39, 0.29) is 5.88 Å². The zero-order chi connectivity index (χ0) is 17.7. The summed E-state index contributed by atoms with van der Waals surface area (Å²) in [5.41, 5.74) is -2.68. The number of hydrogen-bond donors (Lipinski definition) is 0. The van der Waals surface area contributed by atoms with Gasteiger partial charge in [-0.2, -0.15) is 13.2 Å². The van der Waals surface area contributed by atoms with E-state index in [0.717, 1.165) is 13.8 Å². The molecule has 1 aromatic rings. The number of alkyl halides is 3. The summed E-state index contributed by atoms with van der Waals surface area (Å²) in [5, 5.41) is 0. The Kier molecular flexibility index (Phi) is 4.22. The molecule has 1 saturated heterocycles. The molecule has 0 saturated carbocycles. The fourth-order valence-corrected chi connectivity index (χ4v) is 1.89. The zero-order valence-corrected chi connectivity index (χ0v) is 14.1. The molecule has 2 heterocycles. The second-order valence-electron chi connectivity index (χ2n) is 7.13. The first-order valence-electron chi connectivity index (χ1n) is 7.32. The van der Waals surface area contributed by atoms with Gasteiger partial charge in [-0.15, -0.1) is 0 Å². The first kappa shape index (κ1) is 18.1. The molecule has 4 nitrogen and oxygen atoms in total. The highest BCUT2D eigenvalue weighted by Crippen LogP contribution is 2.37. The summed E-state index contributed by atoms with van der Waals surface area (Å²) in [6.07, 6.45) is -3.08. The van der Waals surface area contributed by atoms with E-state index >= 15 is 0 Å². The third-order valence-corrected chi connectivity index (χ3v) is 4.33. The molecule has 0 N–H and O–H groups in total. The second kappa shape index (κ2) is 5.38. The quantitative estimate of drug-likeness (QED) is 0.798. The van der Waals surface area contributed by atoms with Crippen molar-refractivity contribution in [2.75, 3.05) is 0 Å². The lowest BCUT2D eigenvalue weighted by Crippen LogP contribution is -2.45. The van der Waals surface area contributed by atoms with Crippen LogP contribution in [-0.2, 0) is 9.31 Å². The molecular formula is C15H21BF3NO3. The van der Waals surface area contributed by atoms with Crippen LogP contribution in [0.4, 0.5) is 13.2 Å². The van der Waals surface area contributed by atoms with Crippen molar-refractivity contribution in [2.24, 2.45) is 0 Å². The summed E-state index contributed by atoms with van der Waals surface area (Å²) >= 11 is 0. The van der Waals surface area contributed by atoms with Crippen LogP contribution in [0.2, 0.25) is 0 Å². The number of aromatic nitrogens is 1. The van der Waals surface area contributed by atoms with E-state index in [1.165, 1.54) is 12.3 Å². The highest BCUT2D eigenvalue weighted by atomic mass is 19.4. The van der Waals surface area contributed by atoms with Crippen LogP contribution in [0, 0.1) is 0 Å². The van der Waals surface area contributed by atoms with Crippen LogP contribution in [-0.4, -0.2) is 35.1 Å². The Morgan fingerprint density at radius 2 is 1.57 bits per heavy atom. The van der Waals surface area contributed by atoms with Crippen molar-refractivity contribution in [3.63, 3.8) is 0 Å². The van der Waals surface area contributed by atoms with Crippen molar-refractivity contribution < 1.29 is 27.2 Å². The lowest BCUT2D eigenvalue weighted by atomic mass is 9.80. The number of nitrogens with zero attached hydrogens (tertiary/aromatic N) is 1. The minimum atomic E-state index is -4.49. The molecule has 0 amide bonds. The molecule has 128 valence electrons. The molecule has 0 bridgehead atoms. The zero-order valence-electron chi connectivity index (χ0n) is 14.1. The van der Waals surface area contributed by atoms with Gasteiger partial charge in [-0.1, -0.05) is 6.07 Å². The largest absolute Gasteiger partial charge is 0.496 e. The number of halogens is 3. The van der Waals surface area contributed by atoms with Gasteiger partial charge in [0, 0.05) is 11.7 Å². The van der Waals surface area contributed by atoms with E-state index in [0.29, 0.717) is 5.46 Å². The lowest BCUT2D eigenvalue weighted by Gasteiger charge is -2.32. The molecule has 1 fully saturated rings. The Bertz CT molecular complexity index is 554. The molecule has 0 unspecified atom stereocenters. The summed E-state index contributed by atoms with van der Waals surface area (Å²) in [7, 11) is -0.614. The van der Waals surface area contributed by atoms with Gasteiger partial charge in [0.05, 0.1) is 11.2 Å². The first-order valence-corrected chi connectivity index (χ1v) is 7.32. The maximum absolute atomic E-state index is 12.8. The minimum absolute atomic E-state index is 0.104. The van der Waals surface area contributed by atoms with Crippen LogP contribution in [0.5, 0.6) is 5.88 Å². The molecule has 2 rings (SSSR count). The lowest BCUT2D eigenvalue weighted by molar-refractivity contribution is -0.235. The maximum Gasteiger partial charge on any atom is 0.496 e. The highest BCUT2D eigenvalue weighted by molar-refractivity contribution is 6.62. The smallest absolute Gasteiger partial charge is 0.462 e. The molecular weight excluding hydrogens is 310 g/mol. The Hall–Kier alpha value is -1.28. The van der Waals surface area contributed by atoms with Gasteiger partial charge >= 0.3 is 13.3 Å². The van der Waals surface area contributed by atoms with Crippen LogP contribution < -0.4 is 10.2 Å². The minimum Gasteiger partial charge on any atom is -0.462 e. The Balaban J connectivity index is 2.13. The number of rotatable bonds is 3. The van der Waals surface area contributed by atoms with Gasteiger partial charge in [-0.25, -0.2) is 4.98 Å². The van der Waals surface area contributed by atoms with Gasteiger partial charge in [0.15, 0.2) is 5.60 Å². The van der Waals surface area contributed by atoms with E-state index < -0.39 is 30.1 Å². The van der Waals surface area contributed by atoms with Crippen molar-refractivity contribution in [1.29, 1.82) is 0 Å². The normalized spacial score (nSPS) is 20.7. The predicted octanol–water partition coefficient (Wildman–Crippen LogP) is 3.10. The van der Waals surface area contributed by atoms with Crippen LogP contribution in [0.15, 0.2) is 18.3 Å². The molecule has 0 spiro atoms. The van der Waals surface area contributed by atoms with Crippen LogP contribution >= 0.6 is 0 Å². The van der Waals surface area contributed by atoms with E-state index in [1.807, 2.05) is 27.7 Å². The average Bonchev–Trinajstić information content (AvgIpc) is 2.57. The predicted molar refractivity (Wildman–Crippen MR) is 80.7 cm³/mol. The van der Waals surface area contributed by atoms with Crippen LogP contribution in [0.25, 0.3) is 0 Å². The molecule has 0 radical (unpaired) electrons. The standard InChI is InChI=1S/C15H21BF3NO3/c1-12(2)13(3,4)23-16(22-12)10-7-8-11(20-9-10)21-14(5,6)15(17,18)19/h7-9H,1-6H3. The topological polar surface area (TPSA) is 40.6 Å². The monoisotopic (exact) mass is 331 g/mol. The Labute approximate surface area is 134 Å². The maximum atomic E-state index is 12.8. The second-order valence-corrected chi connectivity index (χ2v) is 7.13. The molecule has 0 aromatic carbocycles. The van der Waals surface area contributed by atoms with Crippen molar-refractivity contribution in [1.82, 2.24) is 4.98 Å². The summed E-state index contributed by atoms with van der Waals surface area (Å²) < 4.78 is 55.1. The Morgan fingerprint density at radius 1 is 1.04 bits per heavy atom. The fourth-order valence-electron chi connectivity index (χ4n) is 1.89. The van der Waals surface area contributed by atoms with Gasteiger partial charge in [-0.3, -0.25) is 0 Å².